The average molecular weight is 379 g/mol. The second-order valence-electron chi connectivity index (χ2n) is 8.35. The van der Waals surface area contributed by atoms with Crippen LogP contribution in [0.15, 0.2) is 42.5 Å². The van der Waals surface area contributed by atoms with Crippen LogP contribution in [-0.4, -0.2) is 18.4 Å². The Kier molecular flexibility index (Phi) is 5.87. The quantitative estimate of drug-likeness (QED) is 0.774. The first-order valence-electron chi connectivity index (χ1n) is 10.1. The van der Waals surface area contributed by atoms with Gasteiger partial charge in [0.2, 0.25) is 11.8 Å². The van der Waals surface area contributed by atoms with Gasteiger partial charge in [-0.3, -0.25) is 9.59 Å². The van der Waals surface area contributed by atoms with E-state index in [2.05, 4.69) is 51.2 Å². The Balaban J connectivity index is 1.81. The first-order valence-corrected chi connectivity index (χ1v) is 10.1. The van der Waals surface area contributed by atoms with Gasteiger partial charge in [0.1, 0.15) is 0 Å². The molecule has 1 aliphatic heterocycles. The number of nitrogens with one attached hydrogen (secondary N) is 1. The summed E-state index contributed by atoms with van der Waals surface area (Å²) in [5.41, 5.74) is 5.20. The summed E-state index contributed by atoms with van der Waals surface area (Å²) in [5.74, 6) is 0.212. The van der Waals surface area contributed by atoms with Crippen LogP contribution in [0.5, 0.6) is 0 Å². The molecule has 0 aliphatic carbocycles. The van der Waals surface area contributed by atoms with Gasteiger partial charge in [-0.25, -0.2) is 0 Å². The lowest BCUT2D eigenvalue weighted by Gasteiger charge is -2.22. The zero-order valence-electron chi connectivity index (χ0n) is 17.5. The van der Waals surface area contributed by atoms with Crippen LogP contribution in [0.25, 0.3) is 0 Å². The van der Waals surface area contributed by atoms with Crippen molar-refractivity contribution in [3.05, 3.63) is 59.2 Å². The maximum Gasteiger partial charge on any atom is 0.229 e. The highest BCUT2D eigenvalue weighted by molar-refractivity contribution is 6.04. The molecular weight excluding hydrogens is 348 g/mol. The minimum Gasteiger partial charge on any atom is -0.325 e. The molecule has 1 atom stereocenters. The molecule has 1 fully saturated rings. The van der Waals surface area contributed by atoms with Crippen molar-refractivity contribution in [1.29, 1.82) is 0 Å². The molecule has 2 aromatic carbocycles. The molecule has 0 saturated carbocycles. The summed E-state index contributed by atoms with van der Waals surface area (Å²) in [5, 5.41) is 3.17. The molecule has 0 spiro atoms. The van der Waals surface area contributed by atoms with Crippen molar-refractivity contribution in [2.75, 3.05) is 16.8 Å². The monoisotopic (exact) mass is 378 g/mol. The molecular formula is C24H30N2O2. The van der Waals surface area contributed by atoms with E-state index in [-0.39, 0.29) is 24.2 Å². The fourth-order valence-corrected chi connectivity index (χ4v) is 3.78. The van der Waals surface area contributed by atoms with Crippen molar-refractivity contribution in [3.63, 3.8) is 0 Å². The summed E-state index contributed by atoms with van der Waals surface area (Å²) in [6, 6.07) is 14.1. The summed E-state index contributed by atoms with van der Waals surface area (Å²) in [6.45, 7) is 11.0. The first kappa shape index (κ1) is 20.1. The Morgan fingerprint density at radius 1 is 1.00 bits per heavy atom. The first-order chi connectivity index (χ1) is 13.3. The Bertz CT molecular complexity index is 842. The zero-order valence-corrected chi connectivity index (χ0v) is 17.5. The molecule has 4 nitrogen and oxygen atoms in total. The lowest BCUT2D eigenvalue weighted by molar-refractivity contribution is -0.122. The number of benzene rings is 2. The van der Waals surface area contributed by atoms with Crippen molar-refractivity contribution < 1.29 is 9.59 Å². The number of amides is 2. The van der Waals surface area contributed by atoms with Gasteiger partial charge in [-0.2, -0.15) is 0 Å². The molecule has 3 rings (SSSR count). The van der Waals surface area contributed by atoms with Crippen molar-refractivity contribution in [2.24, 2.45) is 5.92 Å². The lowest BCUT2D eigenvalue weighted by Crippen LogP contribution is -2.28. The molecule has 0 radical (unpaired) electrons. The van der Waals surface area contributed by atoms with Crippen LogP contribution in [0.2, 0.25) is 0 Å². The topological polar surface area (TPSA) is 49.4 Å². The summed E-state index contributed by atoms with van der Waals surface area (Å²) in [6.07, 6.45) is 0.251. The van der Waals surface area contributed by atoms with Crippen LogP contribution >= 0.6 is 0 Å². The van der Waals surface area contributed by atoms with Gasteiger partial charge >= 0.3 is 0 Å². The largest absolute Gasteiger partial charge is 0.325 e. The fraction of sp³-hybridized carbons (Fsp3) is 0.417. The van der Waals surface area contributed by atoms with E-state index in [1.807, 2.05) is 31.2 Å². The van der Waals surface area contributed by atoms with Gasteiger partial charge in [0.05, 0.1) is 5.92 Å². The van der Waals surface area contributed by atoms with Gasteiger partial charge in [0, 0.05) is 24.3 Å². The SMILES string of the molecule is Cc1ccc(N2C[C@@H](C(=O)Nc3c(C(C)C)cccc3C(C)C)CC2=O)cc1. The molecule has 2 aromatic rings. The lowest BCUT2D eigenvalue weighted by atomic mass is 9.92. The van der Waals surface area contributed by atoms with E-state index in [1.165, 1.54) is 0 Å². The van der Waals surface area contributed by atoms with E-state index in [4.69, 9.17) is 0 Å². The number of carbonyl (C=O) groups excluding carboxylic acids is 2. The number of aryl methyl sites for hydroxylation is 1. The number of nitrogens with zero attached hydrogens (tertiary/aromatic N) is 1. The molecule has 148 valence electrons. The third kappa shape index (κ3) is 4.11. The van der Waals surface area contributed by atoms with Gasteiger partial charge in [-0.1, -0.05) is 63.6 Å². The minimum atomic E-state index is -0.339. The van der Waals surface area contributed by atoms with Crippen LogP contribution in [0.1, 0.15) is 62.6 Å². The summed E-state index contributed by atoms with van der Waals surface area (Å²) >= 11 is 0. The van der Waals surface area contributed by atoms with Crippen LogP contribution in [-0.2, 0) is 9.59 Å². The number of carbonyl (C=O) groups is 2. The Hall–Kier alpha value is -2.62. The average Bonchev–Trinajstić information content (AvgIpc) is 3.04. The zero-order chi connectivity index (χ0) is 20.4. The predicted molar refractivity (Wildman–Crippen MR) is 115 cm³/mol. The Morgan fingerprint density at radius 2 is 1.57 bits per heavy atom. The highest BCUT2D eigenvalue weighted by Gasteiger charge is 2.35. The molecule has 1 heterocycles. The maximum atomic E-state index is 13.1. The van der Waals surface area contributed by atoms with E-state index in [0.717, 1.165) is 28.1 Å². The predicted octanol–water partition coefficient (Wildman–Crippen LogP) is 5.23. The van der Waals surface area contributed by atoms with Crippen LogP contribution in [0.4, 0.5) is 11.4 Å². The molecule has 1 N–H and O–H groups in total. The van der Waals surface area contributed by atoms with E-state index >= 15 is 0 Å². The van der Waals surface area contributed by atoms with E-state index in [0.29, 0.717) is 18.4 Å². The Labute approximate surface area is 167 Å². The molecule has 0 unspecified atom stereocenters. The summed E-state index contributed by atoms with van der Waals surface area (Å²) in [7, 11) is 0. The third-order valence-corrected chi connectivity index (χ3v) is 5.46. The number of anilines is 2. The van der Waals surface area contributed by atoms with Gasteiger partial charge in [0.15, 0.2) is 0 Å². The Morgan fingerprint density at radius 3 is 2.11 bits per heavy atom. The minimum absolute atomic E-state index is 0.00484. The van der Waals surface area contributed by atoms with Gasteiger partial charge in [-0.05, 0) is 42.0 Å². The second kappa shape index (κ2) is 8.17. The number of para-hydroxylation sites is 1. The second-order valence-corrected chi connectivity index (χ2v) is 8.35. The summed E-state index contributed by atoms with van der Waals surface area (Å²) in [4.78, 5) is 27.3. The van der Waals surface area contributed by atoms with Gasteiger partial charge in [0.25, 0.3) is 0 Å². The standard InChI is InChI=1S/C24H30N2O2/c1-15(2)20-7-6-8-21(16(3)4)23(20)25-24(28)18-13-22(27)26(14-18)19-11-9-17(5)10-12-19/h6-12,15-16,18H,13-14H2,1-5H3,(H,25,28)/t18-/m0/s1. The molecule has 1 aliphatic rings. The van der Waals surface area contributed by atoms with Crippen molar-refractivity contribution in [1.82, 2.24) is 0 Å². The molecule has 28 heavy (non-hydrogen) atoms. The highest BCUT2D eigenvalue weighted by atomic mass is 16.2. The molecule has 2 amide bonds. The van der Waals surface area contributed by atoms with Crippen LogP contribution in [0.3, 0.4) is 0 Å². The van der Waals surface area contributed by atoms with Crippen molar-refractivity contribution >= 4 is 23.2 Å². The fourth-order valence-electron chi connectivity index (χ4n) is 3.78. The van der Waals surface area contributed by atoms with E-state index in [9.17, 15) is 9.59 Å². The number of rotatable bonds is 5. The molecule has 4 heteroatoms. The molecule has 0 aromatic heterocycles. The molecule has 0 bridgehead atoms. The number of hydrogen-bond acceptors (Lipinski definition) is 2. The smallest absolute Gasteiger partial charge is 0.229 e. The maximum absolute atomic E-state index is 13.1. The number of hydrogen-bond donors (Lipinski definition) is 1. The van der Waals surface area contributed by atoms with E-state index < -0.39 is 0 Å². The summed E-state index contributed by atoms with van der Waals surface area (Å²) < 4.78 is 0. The normalized spacial score (nSPS) is 16.9. The van der Waals surface area contributed by atoms with Crippen LogP contribution in [0, 0.1) is 12.8 Å². The van der Waals surface area contributed by atoms with Crippen molar-refractivity contribution in [2.45, 2.75) is 52.9 Å². The van der Waals surface area contributed by atoms with Gasteiger partial charge in [-0.15, -0.1) is 0 Å². The molecule has 1 saturated heterocycles. The third-order valence-electron chi connectivity index (χ3n) is 5.46. The highest BCUT2D eigenvalue weighted by Crippen LogP contribution is 2.34. The van der Waals surface area contributed by atoms with E-state index in [1.54, 1.807) is 4.90 Å². The van der Waals surface area contributed by atoms with Crippen molar-refractivity contribution in [3.8, 4) is 0 Å². The van der Waals surface area contributed by atoms with Gasteiger partial charge < -0.3 is 10.2 Å². The van der Waals surface area contributed by atoms with Crippen LogP contribution < -0.4 is 10.2 Å².